The molecule has 0 aliphatic carbocycles. The lowest BCUT2D eigenvalue weighted by atomic mass is 10.2. The van der Waals surface area contributed by atoms with Crippen LogP contribution in [0.3, 0.4) is 0 Å². The highest BCUT2D eigenvalue weighted by molar-refractivity contribution is 6.31. The number of methoxy groups -OCH3 is 1. The molecule has 0 spiro atoms. The van der Waals surface area contributed by atoms with Gasteiger partial charge >= 0.3 is 0 Å². The van der Waals surface area contributed by atoms with E-state index < -0.39 is 0 Å². The van der Waals surface area contributed by atoms with Crippen LogP contribution in [0.2, 0.25) is 0 Å². The van der Waals surface area contributed by atoms with Gasteiger partial charge in [-0.25, -0.2) is 0 Å². The molecule has 0 aromatic heterocycles. The van der Waals surface area contributed by atoms with Gasteiger partial charge in [0.05, 0.1) is 7.11 Å². The Morgan fingerprint density at radius 3 is 2.36 bits per heavy atom. The van der Waals surface area contributed by atoms with Crippen molar-refractivity contribution >= 4 is 11.6 Å². The molecule has 2 heteroatoms. The summed E-state index contributed by atoms with van der Waals surface area (Å²) in [6.45, 7) is 7.38. The Kier molecular flexibility index (Phi) is 4.71. The second-order valence-corrected chi connectivity index (χ2v) is 2.58. The van der Waals surface area contributed by atoms with Crippen molar-refractivity contribution in [2.75, 3.05) is 7.11 Å². The second-order valence-electron chi connectivity index (χ2n) is 2.13. The van der Waals surface area contributed by atoms with Crippen molar-refractivity contribution in [1.82, 2.24) is 0 Å². The van der Waals surface area contributed by atoms with Crippen molar-refractivity contribution < 1.29 is 4.74 Å². The van der Waals surface area contributed by atoms with Crippen molar-refractivity contribution in [2.45, 2.75) is 13.8 Å². The van der Waals surface area contributed by atoms with E-state index in [9.17, 15) is 0 Å². The van der Waals surface area contributed by atoms with Gasteiger partial charge in [0.1, 0.15) is 5.76 Å². The molecule has 0 atom stereocenters. The Bertz CT molecular complexity index is 202. The molecule has 0 aromatic rings. The number of ether oxygens (including phenoxy) is 1. The maximum absolute atomic E-state index is 5.64. The third kappa shape index (κ3) is 3.89. The van der Waals surface area contributed by atoms with E-state index in [2.05, 4.69) is 6.58 Å². The molecule has 0 amide bonds. The Morgan fingerprint density at radius 1 is 1.55 bits per heavy atom. The number of hydrogen-bond donors (Lipinski definition) is 0. The van der Waals surface area contributed by atoms with Gasteiger partial charge in [-0.1, -0.05) is 18.2 Å². The van der Waals surface area contributed by atoms with E-state index in [1.165, 1.54) is 0 Å². The maximum Gasteiger partial charge on any atom is 0.114 e. The molecule has 0 rings (SSSR count). The SMILES string of the molecule is C=C(Cl)/C(C)=C\C(=C/C)OC. The number of hydrogen-bond acceptors (Lipinski definition) is 1. The molecule has 0 unspecified atom stereocenters. The molecule has 0 N–H and O–H groups in total. The molecule has 0 heterocycles. The highest BCUT2D eigenvalue weighted by atomic mass is 35.5. The first-order chi connectivity index (χ1) is 5.11. The molecule has 62 valence electrons. The lowest BCUT2D eigenvalue weighted by Crippen LogP contribution is -1.83. The normalized spacial score (nSPS) is 13.1. The average molecular weight is 173 g/mol. The van der Waals surface area contributed by atoms with Gasteiger partial charge in [-0.3, -0.25) is 0 Å². The van der Waals surface area contributed by atoms with Crippen LogP contribution < -0.4 is 0 Å². The molecule has 11 heavy (non-hydrogen) atoms. The highest BCUT2D eigenvalue weighted by Crippen LogP contribution is 2.13. The lowest BCUT2D eigenvalue weighted by Gasteiger charge is -2.00. The molecular weight excluding hydrogens is 160 g/mol. The van der Waals surface area contributed by atoms with Crippen LogP contribution in [-0.2, 0) is 4.74 Å². The standard InChI is InChI=1S/C9H13ClO/c1-5-9(11-4)6-7(2)8(3)10/h5-6H,3H2,1-2,4H3/b7-6-,9-5+. The van der Waals surface area contributed by atoms with Gasteiger partial charge in [-0.05, 0) is 31.6 Å². The molecule has 1 nitrogen and oxygen atoms in total. The average Bonchev–Trinajstić information content (AvgIpc) is 1.99. The van der Waals surface area contributed by atoms with Crippen LogP contribution in [0.5, 0.6) is 0 Å². The zero-order valence-corrected chi connectivity index (χ0v) is 7.90. The lowest BCUT2D eigenvalue weighted by molar-refractivity contribution is 0.306. The first kappa shape index (κ1) is 10.3. The van der Waals surface area contributed by atoms with E-state index in [1.807, 2.05) is 26.0 Å². The van der Waals surface area contributed by atoms with Crippen molar-refractivity contribution in [2.24, 2.45) is 0 Å². The zero-order chi connectivity index (χ0) is 8.85. The molecule has 0 saturated heterocycles. The second kappa shape index (κ2) is 5.03. The van der Waals surface area contributed by atoms with E-state index in [1.54, 1.807) is 7.11 Å². The summed E-state index contributed by atoms with van der Waals surface area (Å²) < 4.78 is 5.01. The van der Waals surface area contributed by atoms with Crippen LogP contribution in [0.4, 0.5) is 0 Å². The minimum atomic E-state index is 0.543. The summed E-state index contributed by atoms with van der Waals surface area (Å²) in [5.74, 6) is 0.796. The molecule has 0 saturated carbocycles. The molecule has 0 aliphatic heterocycles. The quantitative estimate of drug-likeness (QED) is 0.469. The largest absolute Gasteiger partial charge is 0.497 e. The summed E-state index contributed by atoms with van der Waals surface area (Å²) in [4.78, 5) is 0. The molecular formula is C9H13ClO. The summed E-state index contributed by atoms with van der Waals surface area (Å²) in [6, 6.07) is 0. The minimum absolute atomic E-state index is 0.543. The predicted octanol–water partition coefficient (Wildman–Crippen LogP) is 3.24. The van der Waals surface area contributed by atoms with Crippen molar-refractivity contribution in [3.05, 3.63) is 35.1 Å². The smallest absolute Gasteiger partial charge is 0.114 e. The number of allylic oxidation sites excluding steroid dienone is 4. The minimum Gasteiger partial charge on any atom is -0.497 e. The summed E-state index contributed by atoms with van der Waals surface area (Å²) in [5.41, 5.74) is 0.918. The topological polar surface area (TPSA) is 9.23 Å². The summed E-state index contributed by atoms with van der Waals surface area (Å²) >= 11 is 5.64. The van der Waals surface area contributed by atoms with Gasteiger partial charge in [0.25, 0.3) is 0 Å². The predicted molar refractivity (Wildman–Crippen MR) is 49.5 cm³/mol. The van der Waals surface area contributed by atoms with Crippen LogP contribution in [0.25, 0.3) is 0 Å². The summed E-state index contributed by atoms with van der Waals surface area (Å²) in [7, 11) is 1.62. The van der Waals surface area contributed by atoms with Gasteiger partial charge in [-0.15, -0.1) is 0 Å². The van der Waals surface area contributed by atoms with E-state index in [4.69, 9.17) is 16.3 Å². The fraction of sp³-hybridized carbons (Fsp3) is 0.333. The molecule has 0 aromatic carbocycles. The van der Waals surface area contributed by atoms with E-state index in [0.29, 0.717) is 5.03 Å². The summed E-state index contributed by atoms with van der Waals surface area (Å²) in [6.07, 6.45) is 3.71. The molecule has 0 fully saturated rings. The number of rotatable bonds is 3. The van der Waals surface area contributed by atoms with Gasteiger partial charge in [-0.2, -0.15) is 0 Å². The Morgan fingerprint density at radius 2 is 2.09 bits per heavy atom. The van der Waals surface area contributed by atoms with Gasteiger partial charge in [0.2, 0.25) is 0 Å². The van der Waals surface area contributed by atoms with E-state index >= 15 is 0 Å². The fourth-order valence-electron chi connectivity index (χ4n) is 0.552. The third-order valence-corrected chi connectivity index (χ3v) is 1.60. The molecule has 0 bridgehead atoms. The molecule has 0 aliphatic rings. The Labute approximate surface area is 73.0 Å². The Balaban J connectivity index is 4.40. The van der Waals surface area contributed by atoms with Gasteiger partial charge in [0, 0.05) is 5.03 Å². The van der Waals surface area contributed by atoms with Crippen molar-refractivity contribution in [3.8, 4) is 0 Å². The Hall–Kier alpha value is -0.690. The number of halogens is 1. The van der Waals surface area contributed by atoms with Crippen LogP contribution in [0.15, 0.2) is 35.1 Å². The van der Waals surface area contributed by atoms with Gasteiger partial charge < -0.3 is 4.74 Å². The monoisotopic (exact) mass is 172 g/mol. The fourth-order valence-corrected chi connectivity index (χ4v) is 0.606. The molecule has 0 radical (unpaired) electrons. The summed E-state index contributed by atoms with van der Waals surface area (Å²) in [5, 5.41) is 0.543. The van der Waals surface area contributed by atoms with Crippen LogP contribution in [0.1, 0.15) is 13.8 Å². The van der Waals surface area contributed by atoms with Crippen molar-refractivity contribution in [3.63, 3.8) is 0 Å². The van der Waals surface area contributed by atoms with E-state index in [0.717, 1.165) is 11.3 Å². The zero-order valence-electron chi connectivity index (χ0n) is 7.15. The highest BCUT2D eigenvalue weighted by Gasteiger charge is 1.93. The maximum atomic E-state index is 5.64. The third-order valence-electron chi connectivity index (χ3n) is 1.31. The van der Waals surface area contributed by atoms with Gasteiger partial charge in [0.15, 0.2) is 0 Å². The van der Waals surface area contributed by atoms with Crippen molar-refractivity contribution in [1.29, 1.82) is 0 Å². The first-order valence-corrected chi connectivity index (χ1v) is 3.73. The van der Waals surface area contributed by atoms with E-state index in [-0.39, 0.29) is 0 Å². The first-order valence-electron chi connectivity index (χ1n) is 3.35. The van der Waals surface area contributed by atoms with Crippen LogP contribution in [-0.4, -0.2) is 7.11 Å². The van der Waals surface area contributed by atoms with Crippen LogP contribution in [0, 0.1) is 0 Å². The van der Waals surface area contributed by atoms with Crippen LogP contribution >= 0.6 is 11.6 Å².